The number of hydrogen-bond donors (Lipinski definition) is 2. The van der Waals surface area contributed by atoms with Crippen LogP contribution in [0.15, 0.2) is 24.3 Å². The number of rotatable bonds is 3. The number of carbonyl (C=O) groups is 2. The Bertz CT molecular complexity index is 349. The molecular weight excluding hydrogens is 208 g/mol. The summed E-state index contributed by atoms with van der Waals surface area (Å²) in [7, 11) is 0. The summed E-state index contributed by atoms with van der Waals surface area (Å²) >= 11 is 0. The van der Waals surface area contributed by atoms with Gasteiger partial charge in [-0.05, 0) is 13.3 Å². The Balaban J connectivity index is 2.60. The molecule has 3 N–H and O–H groups in total. The van der Waals surface area contributed by atoms with E-state index in [0.29, 0.717) is 13.0 Å². The third kappa shape index (κ3) is 2.70. The van der Waals surface area contributed by atoms with E-state index in [0.717, 1.165) is 0 Å². The molecule has 88 valence electrons. The van der Waals surface area contributed by atoms with Crippen molar-refractivity contribution in [2.75, 3.05) is 13.1 Å². The standard InChI is InChI=1S/C11H16N2O3/c1-2-3-4-5-9(14)13-7-6-11(12,8-13)10(15)16/h2-5H,6-8,12H2,1H3,(H,15,16). The predicted octanol–water partition coefficient (Wildman–Crippen LogP) is 0.133. The molecule has 1 heterocycles. The Morgan fingerprint density at radius 1 is 1.44 bits per heavy atom. The van der Waals surface area contributed by atoms with E-state index in [1.165, 1.54) is 11.0 Å². The van der Waals surface area contributed by atoms with Crippen molar-refractivity contribution >= 4 is 11.9 Å². The predicted molar refractivity (Wildman–Crippen MR) is 59.7 cm³/mol. The summed E-state index contributed by atoms with van der Waals surface area (Å²) in [6.07, 6.45) is 6.87. The third-order valence-electron chi connectivity index (χ3n) is 2.58. The molecule has 1 saturated heterocycles. The zero-order chi connectivity index (χ0) is 12.2. The number of hydrogen-bond acceptors (Lipinski definition) is 3. The molecular formula is C11H16N2O3. The van der Waals surface area contributed by atoms with Gasteiger partial charge in [0.25, 0.3) is 0 Å². The molecule has 1 aliphatic rings. The van der Waals surface area contributed by atoms with Crippen molar-refractivity contribution < 1.29 is 14.7 Å². The molecule has 0 radical (unpaired) electrons. The van der Waals surface area contributed by atoms with Crippen LogP contribution in [0.1, 0.15) is 13.3 Å². The van der Waals surface area contributed by atoms with E-state index in [9.17, 15) is 9.59 Å². The van der Waals surface area contributed by atoms with Gasteiger partial charge in [-0.3, -0.25) is 9.59 Å². The monoisotopic (exact) mass is 224 g/mol. The minimum absolute atomic E-state index is 0.0708. The van der Waals surface area contributed by atoms with Crippen LogP contribution in [-0.2, 0) is 9.59 Å². The molecule has 5 heteroatoms. The normalized spacial score (nSPS) is 25.8. The smallest absolute Gasteiger partial charge is 0.325 e. The van der Waals surface area contributed by atoms with Crippen LogP contribution in [0.5, 0.6) is 0 Å². The average Bonchev–Trinajstić information content (AvgIpc) is 2.63. The summed E-state index contributed by atoms with van der Waals surface area (Å²) in [6, 6.07) is 0. The summed E-state index contributed by atoms with van der Waals surface area (Å²) in [5, 5.41) is 8.89. The number of carboxylic acids is 1. The number of nitrogens with zero attached hydrogens (tertiary/aromatic N) is 1. The van der Waals surface area contributed by atoms with Crippen LogP contribution in [-0.4, -0.2) is 40.5 Å². The lowest BCUT2D eigenvalue weighted by molar-refractivity contribution is -0.142. The van der Waals surface area contributed by atoms with Gasteiger partial charge in [-0.1, -0.05) is 18.2 Å². The number of nitrogens with two attached hydrogens (primary N) is 1. The van der Waals surface area contributed by atoms with Crippen LogP contribution in [0.4, 0.5) is 0 Å². The van der Waals surface area contributed by atoms with E-state index in [1.807, 2.05) is 6.92 Å². The van der Waals surface area contributed by atoms with Crippen molar-refractivity contribution in [3.05, 3.63) is 24.3 Å². The average molecular weight is 224 g/mol. The molecule has 0 spiro atoms. The van der Waals surface area contributed by atoms with Crippen molar-refractivity contribution in [2.24, 2.45) is 5.73 Å². The maximum Gasteiger partial charge on any atom is 0.325 e. The van der Waals surface area contributed by atoms with E-state index in [1.54, 1.807) is 18.2 Å². The van der Waals surface area contributed by atoms with Gasteiger partial charge in [-0.15, -0.1) is 0 Å². The highest BCUT2D eigenvalue weighted by Gasteiger charge is 2.42. The van der Waals surface area contributed by atoms with Gasteiger partial charge < -0.3 is 15.7 Å². The van der Waals surface area contributed by atoms with E-state index >= 15 is 0 Å². The Kier molecular flexibility index (Phi) is 3.84. The number of carbonyl (C=O) groups excluding carboxylic acids is 1. The van der Waals surface area contributed by atoms with Gasteiger partial charge in [0.1, 0.15) is 5.54 Å². The molecule has 1 atom stereocenters. The first kappa shape index (κ1) is 12.4. The molecule has 0 aliphatic carbocycles. The number of carboxylic acid groups (broad SMARTS) is 1. The highest BCUT2D eigenvalue weighted by Crippen LogP contribution is 2.19. The molecule has 1 fully saturated rings. The second kappa shape index (κ2) is 4.94. The number of allylic oxidation sites excluding steroid dienone is 3. The molecule has 1 amide bonds. The Hall–Kier alpha value is -1.62. The van der Waals surface area contributed by atoms with Crippen molar-refractivity contribution in [2.45, 2.75) is 18.9 Å². The highest BCUT2D eigenvalue weighted by atomic mass is 16.4. The van der Waals surface area contributed by atoms with Gasteiger partial charge in [-0.25, -0.2) is 0 Å². The Morgan fingerprint density at radius 2 is 2.12 bits per heavy atom. The summed E-state index contributed by atoms with van der Waals surface area (Å²) < 4.78 is 0. The first-order chi connectivity index (χ1) is 7.49. The lowest BCUT2D eigenvalue weighted by atomic mass is 10.0. The SMILES string of the molecule is CC=CC=CC(=O)N1CCC(N)(C(=O)O)C1. The largest absolute Gasteiger partial charge is 0.480 e. The van der Waals surface area contributed by atoms with Crippen LogP contribution in [0, 0.1) is 0 Å². The zero-order valence-corrected chi connectivity index (χ0v) is 9.22. The Morgan fingerprint density at radius 3 is 2.62 bits per heavy atom. The fourth-order valence-corrected chi connectivity index (χ4v) is 1.55. The summed E-state index contributed by atoms with van der Waals surface area (Å²) in [6.45, 7) is 2.31. The fraction of sp³-hybridized carbons (Fsp3) is 0.455. The second-order valence-corrected chi connectivity index (χ2v) is 3.86. The molecule has 0 bridgehead atoms. The van der Waals surface area contributed by atoms with Crippen molar-refractivity contribution in [1.29, 1.82) is 0 Å². The molecule has 0 aromatic rings. The summed E-state index contributed by atoms with van der Waals surface area (Å²) in [5.74, 6) is -1.26. The van der Waals surface area contributed by atoms with E-state index in [4.69, 9.17) is 10.8 Å². The van der Waals surface area contributed by atoms with Crippen LogP contribution in [0.3, 0.4) is 0 Å². The van der Waals surface area contributed by atoms with Crippen molar-refractivity contribution in [3.8, 4) is 0 Å². The van der Waals surface area contributed by atoms with Crippen LogP contribution in [0.25, 0.3) is 0 Å². The first-order valence-corrected chi connectivity index (χ1v) is 5.10. The molecule has 1 rings (SSSR count). The highest BCUT2D eigenvalue weighted by molar-refractivity contribution is 5.89. The van der Waals surface area contributed by atoms with Crippen LogP contribution in [0.2, 0.25) is 0 Å². The van der Waals surface area contributed by atoms with Gasteiger partial charge in [0.05, 0.1) is 0 Å². The Labute approximate surface area is 94.2 Å². The molecule has 1 aliphatic heterocycles. The molecule has 1 unspecified atom stereocenters. The van der Waals surface area contributed by atoms with Gasteiger partial charge >= 0.3 is 5.97 Å². The van der Waals surface area contributed by atoms with Gasteiger partial charge in [0.2, 0.25) is 5.91 Å². The number of aliphatic carboxylic acids is 1. The summed E-state index contributed by atoms with van der Waals surface area (Å²) in [4.78, 5) is 23.9. The lowest BCUT2D eigenvalue weighted by Crippen LogP contribution is -2.50. The van der Waals surface area contributed by atoms with Crippen LogP contribution >= 0.6 is 0 Å². The molecule has 0 saturated carbocycles. The number of likely N-dealkylation sites (tertiary alicyclic amines) is 1. The van der Waals surface area contributed by atoms with Gasteiger partial charge in [-0.2, -0.15) is 0 Å². The topological polar surface area (TPSA) is 83.6 Å². The first-order valence-electron chi connectivity index (χ1n) is 5.10. The zero-order valence-electron chi connectivity index (χ0n) is 9.22. The maximum absolute atomic E-state index is 11.6. The lowest BCUT2D eigenvalue weighted by Gasteiger charge is -2.18. The third-order valence-corrected chi connectivity index (χ3v) is 2.58. The molecule has 5 nitrogen and oxygen atoms in total. The minimum Gasteiger partial charge on any atom is -0.480 e. The van der Waals surface area contributed by atoms with Crippen molar-refractivity contribution in [1.82, 2.24) is 4.90 Å². The fourth-order valence-electron chi connectivity index (χ4n) is 1.55. The van der Waals surface area contributed by atoms with E-state index < -0.39 is 11.5 Å². The molecule has 16 heavy (non-hydrogen) atoms. The second-order valence-electron chi connectivity index (χ2n) is 3.86. The quantitative estimate of drug-likeness (QED) is 0.527. The van der Waals surface area contributed by atoms with Gasteiger partial charge in [0.15, 0.2) is 0 Å². The minimum atomic E-state index is -1.29. The van der Waals surface area contributed by atoms with Crippen molar-refractivity contribution in [3.63, 3.8) is 0 Å². The number of amides is 1. The van der Waals surface area contributed by atoms with E-state index in [-0.39, 0.29) is 12.5 Å². The maximum atomic E-state index is 11.6. The molecule has 0 aromatic heterocycles. The molecule has 0 aromatic carbocycles. The van der Waals surface area contributed by atoms with Gasteiger partial charge in [0, 0.05) is 19.2 Å². The van der Waals surface area contributed by atoms with E-state index in [2.05, 4.69) is 0 Å². The van der Waals surface area contributed by atoms with Crippen LogP contribution < -0.4 is 5.73 Å². The summed E-state index contributed by atoms with van der Waals surface area (Å²) in [5.41, 5.74) is 4.37.